The zero-order valence-electron chi connectivity index (χ0n) is 17.0. The first-order valence-electron chi connectivity index (χ1n) is 10.6. The predicted molar refractivity (Wildman–Crippen MR) is 112 cm³/mol. The predicted octanol–water partition coefficient (Wildman–Crippen LogP) is 2.44. The molecule has 2 aromatic heterocycles. The second-order valence-electron chi connectivity index (χ2n) is 8.10. The zero-order valence-corrected chi connectivity index (χ0v) is 17.0. The summed E-state index contributed by atoms with van der Waals surface area (Å²) in [7, 11) is 0. The van der Waals surface area contributed by atoms with Crippen molar-refractivity contribution in [2.75, 3.05) is 37.9 Å². The van der Waals surface area contributed by atoms with Gasteiger partial charge >= 0.3 is 0 Å². The highest BCUT2D eigenvalue weighted by molar-refractivity contribution is 5.93. The molecule has 31 heavy (non-hydrogen) atoms. The van der Waals surface area contributed by atoms with Crippen molar-refractivity contribution in [3.05, 3.63) is 47.8 Å². The first-order chi connectivity index (χ1) is 15.2. The Morgan fingerprint density at radius 2 is 1.81 bits per heavy atom. The molecule has 0 atom stereocenters. The van der Waals surface area contributed by atoms with Gasteiger partial charge in [-0.2, -0.15) is 10.2 Å². The molecule has 1 aliphatic carbocycles. The molecule has 6 rings (SSSR count). The molecule has 1 saturated carbocycles. The standard InChI is InChI=1S/C22H22N6O3/c29-22(18-12-17(24-25-18)15-3-5-19-20(11-15)31-13-30-19)28-9-7-27(8-10-28)21-6-4-16(23-26-21)14-1-2-14/h3-6,11-12,14H,1-2,7-10,13H2,(H,24,25). The first kappa shape index (κ1) is 18.2. The summed E-state index contributed by atoms with van der Waals surface area (Å²) in [5, 5.41) is 16.0. The molecule has 3 aromatic rings. The van der Waals surface area contributed by atoms with Crippen molar-refractivity contribution < 1.29 is 14.3 Å². The molecule has 158 valence electrons. The van der Waals surface area contributed by atoms with E-state index < -0.39 is 0 Å². The molecule has 1 saturated heterocycles. The second kappa shape index (κ2) is 7.26. The maximum atomic E-state index is 13.0. The van der Waals surface area contributed by atoms with Crippen molar-refractivity contribution in [3.63, 3.8) is 0 Å². The van der Waals surface area contributed by atoms with Gasteiger partial charge in [0.25, 0.3) is 5.91 Å². The number of H-pyrrole nitrogens is 1. The fourth-order valence-electron chi connectivity index (χ4n) is 4.05. The lowest BCUT2D eigenvalue weighted by Crippen LogP contribution is -2.49. The highest BCUT2D eigenvalue weighted by atomic mass is 16.7. The number of carbonyl (C=O) groups excluding carboxylic acids is 1. The fourth-order valence-corrected chi connectivity index (χ4v) is 4.05. The van der Waals surface area contributed by atoms with Gasteiger partial charge in [-0.25, -0.2) is 0 Å². The van der Waals surface area contributed by atoms with E-state index >= 15 is 0 Å². The molecule has 4 heterocycles. The molecule has 9 heteroatoms. The minimum absolute atomic E-state index is 0.0469. The van der Waals surface area contributed by atoms with Crippen molar-refractivity contribution in [1.82, 2.24) is 25.3 Å². The Morgan fingerprint density at radius 1 is 0.968 bits per heavy atom. The molecule has 2 aliphatic heterocycles. The van der Waals surface area contributed by atoms with Crippen LogP contribution in [0.1, 0.15) is 34.9 Å². The van der Waals surface area contributed by atoms with Gasteiger partial charge in [-0.3, -0.25) is 9.89 Å². The summed E-state index contributed by atoms with van der Waals surface area (Å²) < 4.78 is 10.8. The number of aromatic amines is 1. The van der Waals surface area contributed by atoms with Crippen LogP contribution in [0.5, 0.6) is 11.5 Å². The van der Waals surface area contributed by atoms with Crippen LogP contribution in [0.25, 0.3) is 11.3 Å². The monoisotopic (exact) mass is 418 g/mol. The summed E-state index contributed by atoms with van der Waals surface area (Å²) in [4.78, 5) is 17.0. The molecule has 1 amide bonds. The van der Waals surface area contributed by atoms with Crippen LogP contribution >= 0.6 is 0 Å². The molecule has 1 aromatic carbocycles. The van der Waals surface area contributed by atoms with Gasteiger partial charge < -0.3 is 19.3 Å². The number of amides is 1. The number of aromatic nitrogens is 4. The van der Waals surface area contributed by atoms with E-state index in [0.29, 0.717) is 36.1 Å². The average Bonchev–Trinajstić information content (AvgIpc) is 3.36. The van der Waals surface area contributed by atoms with E-state index in [-0.39, 0.29) is 12.7 Å². The Hall–Kier alpha value is -3.62. The molecule has 0 unspecified atom stereocenters. The van der Waals surface area contributed by atoms with E-state index in [1.54, 1.807) is 6.07 Å². The molecular weight excluding hydrogens is 396 g/mol. The van der Waals surface area contributed by atoms with E-state index in [1.165, 1.54) is 12.8 Å². The number of anilines is 1. The van der Waals surface area contributed by atoms with Gasteiger partial charge in [0.05, 0.1) is 11.4 Å². The van der Waals surface area contributed by atoms with E-state index in [1.807, 2.05) is 29.2 Å². The zero-order chi connectivity index (χ0) is 20.8. The van der Waals surface area contributed by atoms with Crippen molar-refractivity contribution in [2.45, 2.75) is 18.8 Å². The Labute approximate surface area is 179 Å². The average molecular weight is 418 g/mol. The maximum absolute atomic E-state index is 13.0. The van der Waals surface area contributed by atoms with Gasteiger partial charge in [0.1, 0.15) is 5.69 Å². The minimum Gasteiger partial charge on any atom is -0.454 e. The number of benzene rings is 1. The van der Waals surface area contributed by atoms with Crippen LogP contribution in [0.2, 0.25) is 0 Å². The van der Waals surface area contributed by atoms with Crippen LogP contribution in [0.15, 0.2) is 36.4 Å². The van der Waals surface area contributed by atoms with Gasteiger partial charge in [-0.15, -0.1) is 5.10 Å². The number of rotatable bonds is 4. The largest absolute Gasteiger partial charge is 0.454 e. The molecule has 0 radical (unpaired) electrons. The molecule has 0 spiro atoms. The molecule has 3 aliphatic rings. The SMILES string of the molecule is O=C(c1cc(-c2ccc3c(c2)OCO3)n[nH]1)N1CCN(c2ccc(C3CC3)nn2)CC1. The van der Waals surface area contributed by atoms with Gasteiger partial charge in [-0.05, 0) is 49.2 Å². The third-order valence-corrected chi connectivity index (χ3v) is 6.03. The van der Waals surface area contributed by atoms with E-state index in [9.17, 15) is 4.79 Å². The van der Waals surface area contributed by atoms with E-state index in [4.69, 9.17) is 9.47 Å². The van der Waals surface area contributed by atoms with Crippen molar-refractivity contribution >= 4 is 11.7 Å². The van der Waals surface area contributed by atoms with Crippen molar-refractivity contribution in [3.8, 4) is 22.8 Å². The highest BCUT2D eigenvalue weighted by Gasteiger charge is 2.27. The number of carbonyl (C=O) groups is 1. The molecular formula is C22H22N6O3. The molecule has 9 nitrogen and oxygen atoms in total. The molecule has 1 N–H and O–H groups in total. The van der Waals surface area contributed by atoms with Gasteiger partial charge in [0.15, 0.2) is 17.3 Å². The smallest absolute Gasteiger partial charge is 0.272 e. The van der Waals surface area contributed by atoms with E-state index in [2.05, 4.69) is 31.4 Å². The summed E-state index contributed by atoms with van der Waals surface area (Å²) in [5.41, 5.74) is 3.15. The normalized spacial score (nSPS) is 17.8. The summed E-state index contributed by atoms with van der Waals surface area (Å²) >= 11 is 0. The summed E-state index contributed by atoms with van der Waals surface area (Å²) in [6.45, 7) is 2.94. The number of nitrogens with zero attached hydrogens (tertiary/aromatic N) is 5. The summed E-state index contributed by atoms with van der Waals surface area (Å²) in [6, 6.07) is 11.6. The Bertz CT molecular complexity index is 1120. The van der Waals surface area contributed by atoms with E-state index in [0.717, 1.165) is 35.9 Å². The number of ether oxygens (including phenoxy) is 2. The number of fused-ring (bicyclic) bond motifs is 1. The Kier molecular flexibility index (Phi) is 4.26. The van der Waals surface area contributed by atoms with Gasteiger partial charge in [0, 0.05) is 37.7 Å². The number of nitrogens with one attached hydrogen (secondary N) is 1. The summed E-state index contributed by atoms with van der Waals surface area (Å²) in [6.07, 6.45) is 2.44. The van der Waals surface area contributed by atoms with Crippen LogP contribution in [0.4, 0.5) is 5.82 Å². The lowest BCUT2D eigenvalue weighted by Gasteiger charge is -2.34. The second-order valence-corrected chi connectivity index (χ2v) is 8.10. The third-order valence-electron chi connectivity index (χ3n) is 6.03. The van der Waals surface area contributed by atoms with Crippen molar-refractivity contribution in [2.24, 2.45) is 0 Å². The van der Waals surface area contributed by atoms with Crippen LogP contribution in [-0.2, 0) is 0 Å². The lowest BCUT2D eigenvalue weighted by molar-refractivity contribution is 0.0740. The highest BCUT2D eigenvalue weighted by Crippen LogP contribution is 2.39. The maximum Gasteiger partial charge on any atom is 0.272 e. The third kappa shape index (κ3) is 3.45. The molecule has 2 fully saturated rings. The van der Waals surface area contributed by atoms with Gasteiger partial charge in [0.2, 0.25) is 6.79 Å². The minimum atomic E-state index is -0.0469. The summed E-state index contributed by atoms with van der Waals surface area (Å²) in [5.74, 6) is 2.85. The fraction of sp³-hybridized carbons (Fsp3) is 0.364. The van der Waals surface area contributed by atoms with Gasteiger partial charge in [-0.1, -0.05) is 0 Å². The van der Waals surface area contributed by atoms with Crippen LogP contribution in [0.3, 0.4) is 0 Å². The first-order valence-corrected chi connectivity index (χ1v) is 10.6. The number of piperazine rings is 1. The molecule has 0 bridgehead atoms. The number of hydrogen-bond acceptors (Lipinski definition) is 7. The Balaban J connectivity index is 1.10. The number of hydrogen-bond donors (Lipinski definition) is 1. The Morgan fingerprint density at radius 3 is 2.58 bits per heavy atom. The van der Waals surface area contributed by atoms with Crippen LogP contribution in [0, 0.1) is 0 Å². The topological polar surface area (TPSA) is 96.5 Å². The van der Waals surface area contributed by atoms with Crippen LogP contribution < -0.4 is 14.4 Å². The lowest BCUT2D eigenvalue weighted by atomic mass is 10.1. The van der Waals surface area contributed by atoms with Crippen molar-refractivity contribution in [1.29, 1.82) is 0 Å². The quantitative estimate of drug-likeness (QED) is 0.695. The van der Waals surface area contributed by atoms with Crippen LogP contribution in [-0.4, -0.2) is 64.2 Å².